The van der Waals surface area contributed by atoms with Gasteiger partial charge in [0, 0.05) is 29.1 Å². The second-order valence-corrected chi connectivity index (χ2v) is 13.9. The standard InChI is InChI=1S/C30H35ClN2O5S/c31-24-9-10-26-21(14-24)4-3-12-30(26)18-33-17-23-7-6-20(23)15-25(34)5-1-2-13-39(36,37)32-29(35)22-8-11-28(38-19-30)27(33)16-22/h1-2,8-11,14,16,20,23,25,34H,3-7,12-13,15,17-19H2,(H,32,35)/b2-1+/t20-,23-,25-,30-/m0/s1. The minimum atomic E-state index is -3.86. The Kier molecular flexibility index (Phi) is 7.14. The Morgan fingerprint density at radius 3 is 2.77 bits per heavy atom. The first-order valence-corrected chi connectivity index (χ1v) is 15.9. The van der Waals surface area contributed by atoms with Crippen LogP contribution >= 0.6 is 11.6 Å². The van der Waals surface area contributed by atoms with E-state index in [0.29, 0.717) is 37.0 Å². The molecular formula is C30H35ClN2O5S. The van der Waals surface area contributed by atoms with E-state index in [0.717, 1.165) is 55.9 Å². The van der Waals surface area contributed by atoms with Crippen LogP contribution in [-0.4, -0.2) is 51.0 Å². The quantitative estimate of drug-likeness (QED) is 0.449. The molecule has 1 saturated carbocycles. The van der Waals surface area contributed by atoms with Crippen molar-refractivity contribution < 1.29 is 23.1 Å². The molecular weight excluding hydrogens is 536 g/mol. The summed E-state index contributed by atoms with van der Waals surface area (Å²) >= 11 is 6.36. The molecule has 1 fully saturated rings. The molecule has 2 heterocycles. The van der Waals surface area contributed by atoms with Gasteiger partial charge in [0.05, 0.1) is 24.2 Å². The maximum absolute atomic E-state index is 13.0. The molecule has 208 valence electrons. The molecule has 1 spiro atoms. The average Bonchev–Trinajstić information content (AvgIpc) is 3.04. The Balaban J connectivity index is 1.41. The summed E-state index contributed by atoms with van der Waals surface area (Å²) in [5.41, 5.74) is 3.41. The number of hydrogen-bond acceptors (Lipinski definition) is 6. The zero-order valence-corrected chi connectivity index (χ0v) is 23.5. The molecule has 6 rings (SSSR count). The summed E-state index contributed by atoms with van der Waals surface area (Å²) in [7, 11) is -3.86. The first kappa shape index (κ1) is 26.7. The molecule has 0 unspecified atom stereocenters. The Bertz CT molecular complexity index is 1410. The van der Waals surface area contributed by atoms with Crippen LogP contribution in [-0.2, 0) is 21.9 Å². The topological polar surface area (TPSA) is 95.9 Å². The molecule has 39 heavy (non-hydrogen) atoms. The second-order valence-electron chi connectivity index (χ2n) is 11.7. The van der Waals surface area contributed by atoms with E-state index in [4.69, 9.17) is 16.3 Å². The van der Waals surface area contributed by atoms with Gasteiger partial charge in [-0.3, -0.25) is 4.79 Å². The monoisotopic (exact) mass is 570 g/mol. The van der Waals surface area contributed by atoms with E-state index in [1.165, 1.54) is 17.2 Å². The number of ether oxygens (including phenoxy) is 1. The normalized spacial score (nSPS) is 31.1. The molecule has 7 nitrogen and oxygen atoms in total. The molecule has 2 N–H and O–H groups in total. The van der Waals surface area contributed by atoms with Crippen molar-refractivity contribution in [1.82, 2.24) is 4.72 Å². The second kappa shape index (κ2) is 10.5. The summed E-state index contributed by atoms with van der Waals surface area (Å²) in [4.78, 5) is 15.4. The number of aliphatic hydroxyl groups is 1. The zero-order chi connectivity index (χ0) is 27.2. The van der Waals surface area contributed by atoms with Crippen molar-refractivity contribution in [2.24, 2.45) is 11.8 Å². The third-order valence-corrected chi connectivity index (χ3v) is 10.4. The molecule has 9 heteroatoms. The third-order valence-electron chi connectivity index (χ3n) is 9.04. The van der Waals surface area contributed by atoms with Crippen LogP contribution in [0.15, 0.2) is 48.6 Å². The highest BCUT2D eigenvalue weighted by Crippen LogP contribution is 2.46. The van der Waals surface area contributed by atoms with E-state index < -0.39 is 22.0 Å². The van der Waals surface area contributed by atoms with Crippen molar-refractivity contribution in [3.63, 3.8) is 0 Å². The van der Waals surface area contributed by atoms with Crippen LogP contribution in [0.5, 0.6) is 5.75 Å². The van der Waals surface area contributed by atoms with Crippen LogP contribution in [0.3, 0.4) is 0 Å². The number of carbonyl (C=O) groups excluding carboxylic acids is 1. The molecule has 1 amide bonds. The van der Waals surface area contributed by atoms with Gasteiger partial charge < -0.3 is 14.7 Å². The molecule has 0 aromatic heterocycles. The Labute approximate surface area is 235 Å². The van der Waals surface area contributed by atoms with Crippen molar-refractivity contribution in [1.29, 1.82) is 0 Å². The summed E-state index contributed by atoms with van der Waals surface area (Å²) < 4.78 is 33.8. The van der Waals surface area contributed by atoms with Gasteiger partial charge in [-0.1, -0.05) is 29.8 Å². The van der Waals surface area contributed by atoms with Crippen molar-refractivity contribution in [2.75, 3.05) is 30.3 Å². The fraction of sp³-hybridized carbons (Fsp3) is 0.500. The summed E-state index contributed by atoms with van der Waals surface area (Å²) in [5, 5.41) is 11.4. The van der Waals surface area contributed by atoms with E-state index in [1.807, 2.05) is 6.07 Å². The lowest BCUT2D eigenvalue weighted by Crippen LogP contribution is -2.48. The average molecular weight is 571 g/mol. The number of amides is 1. The van der Waals surface area contributed by atoms with Gasteiger partial charge in [-0.25, -0.2) is 13.1 Å². The minimum absolute atomic E-state index is 0.229. The zero-order valence-electron chi connectivity index (χ0n) is 21.9. The summed E-state index contributed by atoms with van der Waals surface area (Å²) in [6.45, 7) is 2.04. The number of sulfonamides is 1. The van der Waals surface area contributed by atoms with Gasteiger partial charge in [0.1, 0.15) is 5.75 Å². The van der Waals surface area contributed by atoms with Gasteiger partial charge in [-0.05, 0) is 98.2 Å². The van der Waals surface area contributed by atoms with E-state index in [1.54, 1.807) is 24.3 Å². The fourth-order valence-corrected chi connectivity index (χ4v) is 7.93. The summed E-state index contributed by atoms with van der Waals surface area (Å²) in [5.74, 6) is 0.552. The number of aryl methyl sites for hydroxylation is 1. The molecule has 4 aliphatic rings. The number of carbonyl (C=O) groups is 1. The maximum Gasteiger partial charge on any atom is 0.264 e. The Morgan fingerprint density at radius 2 is 1.95 bits per heavy atom. The Morgan fingerprint density at radius 1 is 1.10 bits per heavy atom. The lowest BCUT2D eigenvalue weighted by molar-refractivity contribution is 0.0800. The molecule has 2 bridgehead atoms. The van der Waals surface area contributed by atoms with Crippen LogP contribution < -0.4 is 14.4 Å². The highest BCUT2D eigenvalue weighted by atomic mass is 35.5. The largest absolute Gasteiger partial charge is 0.490 e. The first-order valence-electron chi connectivity index (χ1n) is 13.9. The van der Waals surface area contributed by atoms with Gasteiger partial charge in [0.2, 0.25) is 10.0 Å². The van der Waals surface area contributed by atoms with Crippen molar-refractivity contribution in [3.8, 4) is 5.75 Å². The number of fused-ring (bicyclic) bond motifs is 4. The lowest BCUT2D eigenvalue weighted by atomic mass is 9.68. The highest BCUT2D eigenvalue weighted by molar-refractivity contribution is 7.90. The molecule has 0 saturated heterocycles. The molecule has 2 aromatic rings. The smallest absolute Gasteiger partial charge is 0.264 e. The molecule has 2 aromatic carbocycles. The SMILES string of the molecule is O=C1NS(=O)(=O)C/C=C/C[C@H](O)C[C@@H]2CC[C@H]2CN2C[C@@]3(CCCc4cc(Cl)ccc43)COc3ccc1cc32. The molecule has 2 aliphatic heterocycles. The van der Waals surface area contributed by atoms with Crippen LogP contribution in [0, 0.1) is 11.8 Å². The van der Waals surface area contributed by atoms with Gasteiger partial charge in [0.25, 0.3) is 5.91 Å². The predicted octanol–water partition coefficient (Wildman–Crippen LogP) is 4.61. The highest BCUT2D eigenvalue weighted by Gasteiger charge is 2.43. The number of halogens is 1. The number of nitrogens with zero attached hydrogens (tertiary/aromatic N) is 1. The van der Waals surface area contributed by atoms with Gasteiger partial charge in [0.15, 0.2) is 0 Å². The molecule has 4 atom stereocenters. The van der Waals surface area contributed by atoms with Crippen molar-refractivity contribution in [2.45, 2.75) is 56.5 Å². The van der Waals surface area contributed by atoms with E-state index in [9.17, 15) is 18.3 Å². The van der Waals surface area contributed by atoms with Gasteiger partial charge in [-0.15, -0.1) is 0 Å². The predicted molar refractivity (Wildman–Crippen MR) is 152 cm³/mol. The third kappa shape index (κ3) is 5.43. The fourth-order valence-electron chi connectivity index (χ4n) is 6.86. The van der Waals surface area contributed by atoms with Crippen LogP contribution in [0.2, 0.25) is 5.02 Å². The maximum atomic E-state index is 13.0. The number of aliphatic hydroxyl groups excluding tert-OH is 1. The van der Waals surface area contributed by atoms with Crippen molar-refractivity contribution in [3.05, 3.63) is 70.3 Å². The molecule has 2 aliphatic carbocycles. The number of hydrogen-bond donors (Lipinski definition) is 2. The number of rotatable bonds is 0. The first-order chi connectivity index (χ1) is 18.7. The summed E-state index contributed by atoms with van der Waals surface area (Å²) in [6.07, 6.45) is 8.96. The van der Waals surface area contributed by atoms with Crippen LogP contribution in [0.25, 0.3) is 0 Å². The van der Waals surface area contributed by atoms with Gasteiger partial charge >= 0.3 is 0 Å². The van der Waals surface area contributed by atoms with Gasteiger partial charge in [-0.2, -0.15) is 0 Å². The number of nitrogens with one attached hydrogen (secondary N) is 1. The van der Waals surface area contributed by atoms with E-state index in [-0.39, 0.29) is 16.7 Å². The summed E-state index contributed by atoms with van der Waals surface area (Å²) in [6, 6.07) is 11.4. The lowest BCUT2D eigenvalue weighted by Gasteiger charge is -2.45. The van der Waals surface area contributed by atoms with E-state index in [2.05, 4.69) is 21.8 Å². The van der Waals surface area contributed by atoms with Crippen molar-refractivity contribution >= 4 is 33.2 Å². The molecule has 0 radical (unpaired) electrons. The van der Waals surface area contributed by atoms with Crippen LogP contribution in [0.1, 0.15) is 60.0 Å². The minimum Gasteiger partial charge on any atom is -0.490 e. The number of benzene rings is 2. The number of anilines is 1. The van der Waals surface area contributed by atoms with Crippen LogP contribution in [0.4, 0.5) is 5.69 Å². The Hall–Kier alpha value is -2.55. The van der Waals surface area contributed by atoms with E-state index >= 15 is 0 Å².